The van der Waals surface area contributed by atoms with Crippen LogP contribution in [0.3, 0.4) is 0 Å². The molecule has 15 heavy (non-hydrogen) atoms. The molecule has 1 atom stereocenters. The van der Waals surface area contributed by atoms with Crippen molar-refractivity contribution < 1.29 is 4.84 Å². The SMILES string of the molecule is C1=C(C2CC2)ON(C2CCCNCC2)C1. The Hall–Kier alpha value is -0.540. The van der Waals surface area contributed by atoms with E-state index in [1.165, 1.54) is 44.4 Å². The van der Waals surface area contributed by atoms with Crippen molar-refractivity contribution in [3.8, 4) is 0 Å². The fourth-order valence-corrected chi connectivity index (χ4v) is 2.51. The number of hydrogen-bond donors (Lipinski definition) is 1. The lowest BCUT2D eigenvalue weighted by Crippen LogP contribution is -2.33. The van der Waals surface area contributed by atoms with Gasteiger partial charge in [0.15, 0.2) is 0 Å². The first-order valence-electron chi connectivity index (χ1n) is 6.29. The van der Waals surface area contributed by atoms with Gasteiger partial charge < -0.3 is 10.2 Å². The third-order valence-corrected chi connectivity index (χ3v) is 3.63. The largest absolute Gasteiger partial charge is 0.410 e. The highest BCUT2D eigenvalue weighted by Crippen LogP contribution is 2.39. The van der Waals surface area contributed by atoms with Crippen molar-refractivity contribution in [2.45, 2.75) is 38.1 Å². The van der Waals surface area contributed by atoms with Crippen molar-refractivity contribution in [3.63, 3.8) is 0 Å². The van der Waals surface area contributed by atoms with E-state index in [-0.39, 0.29) is 0 Å². The van der Waals surface area contributed by atoms with E-state index in [2.05, 4.69) is 16.5 Å². The number of nitrogens with one attached hydrogen (secondary N) is 1. The molecule has 84 valence electrons. The molecular formula is C12H20N2O. The summed E-state index contributed by atoms with van der Waals surface area (Å²) in [6, 6.07) is 0.632. The van der Waals surface area contributed by atoms with Gasteiger partial charge in [0.05, 0.1) is 6.54 Å². The third-order valence-electron chi connectivity index (χ3n) is 3.63. The first kappa shape index (κ1) is 9.67. The van der Waals surface area contributed by atoms with Crippen LogP contribution in [0, 0.1) is 5.92 Å². The van der Waals surface area contributed by atoms with E-state index in [1.54, 1.807) is 0 Å². The van der Waals surface area contributed by atoms with Crippen molar-refractivity contribution in [3.05, 3.63) is 11.8 Å². The molecule has 1 saturated carbocycles. The van der Waals surface area contributed by atoms with E-state index >= 15 is 0 Å². The fourth-order valence-electron chi connectivity index (χ4n) is 2.51. The normalized spacial score (nSPS) is 33.3. The number of hydrogen-bond acceptors (Lipinski definition) is 3. The summed E-state index contributed by atoms with van der Waals surface area (Å²) in [5.74, 6) is 2.02. The molecule has 0 aromatic carbocycles. The molecule has 1 saturated heterocycles. The van der Waals surface area contributed by atoms with Gasteiger partial charge in [0.2, 0.25) is 0 Å². The Kier molecular flexibility index (Phi) is 2.67. The van der Waals surface area contributed by atoms with E-state index in [4.69, 9.17) is 4.84 Å². The molecule has 0 radical (unpaired) electrons. The summed E-state index contributed by atoms with van der Waals surface area (Å²) in [7, 11) is 0. The second kappa shape index (κ2) is 4.14. The zero-order chi connectivity index (χ0) is 10.1. The number of nitrogens with zero attached hydrogens (tertiary/aromatic N) is 1. The average molecular weight is 208 g/mol. The first-order valence-corrected chi connectivity index (χ1v) is 6.29. The Labute approximate surface area is 91.4 Å². The van der Waals surface area contributed by atoms with Gasteiger partial charge in [-0.2, -0.15) is 0 Å². The molecule has 1 N–H and O–H groups in total. The molecule has 2 aliphatic heterocycles. The highest BCUT2D eigenvalue weighted by atomic mass is 16.7. The van der Waals surface area contributed by atoms with Crippen molar-refractivity contribution in [1.82, 2.24) is 10.4 Å². The van der Waals surface area contributed by atoms with Crippen LogP contribution in [0.25, 0.3) is 0 Å². The summed E-state index contributed by atoms with van der Waals surface area (Å²) >= 11 is 0. The van der Waals surface area contributed by atoms with E-state index in [9.17, 15) is 0 Å². The second-order valence-electron chi connectivity index (χ2n) is 4.91. The van der Waals surface area contributed by atoms with Crippen LogP contribution >= 0.6 is 0 Å². The summed E-state index contributed by atoms with van der Waals surface area (Å²) in [5, 5.41) is 5.66. The van der Waals surface area contributed by atoms with Gasteiger partial charge in [-0.15, -0.1) is 5.06 Å². The molecule has 3 rings (SSSR count). The Morgan fingerprint density at radius 2 is 2.13 bits per heavy atom. The summed E-state index contributed by atoms with van der Waals surface area (Å²) in [5.41, 5.74) is 0. The monoisotopic (exact) mass is 208 g/mol. The molecule has 3 heteroatoms. The molecule has 0 amide bonds. The van der Waals surface area contributed by atoms with Crippen LogP contribution in [0.15, 0.2) is 11.8 Å². The quantitative estimate of drug-likeness (QED) is 0.747. The summed E-state index contributed by atoms with van der Waals surface area (Å²) < 4.78 is 0. The maximum atomic E-state index is 5.95. The zero-order valence-electron chi connectivity index (χ0n) is 9.24. The van der Waals surface area contributed by atoms with Crippen LogP contribution in [0.1, 0.15) is 32.1 Å². The van der Waals surface area contributed by atoms with Gasteiger partial charge in [-0.3, -0.25) is 0 Å². The summed E-state index contributed by atoms with van der Waals surface area (Å²) in [6.07, 6.45) is 8.75. The van der Waals surface area contributed by atoms with Crippen LogP contribution < -0.4 is 5.32 Å². The number of hydroxylamine groups is 2. The molecule has 1 aliphatic carbocycles. The first-order chi connectivity index (χ1) is 7.43. The standard InChI is InChI=1S/C12H20N2O/c1-2-11(5-8-13-7-1)14-9-6-12(15-14)10-3-4-10/h6,10-11,13H,1-5,7-9H2. The summed E-state index contributed by atoms with van der Waals surface area (Å²) in [6.45, 7) is 3.33. The molecule has 3 aliphatic rings. The Bertz CT molecular complexity index is 252. The lowest BCUT2D eigenvalue weighted by molar-refractivity contribution is -0.131. The molecule has 0 spiro atoms. The topological polar surface area (TPSA) is 24.5 Å². The Balaban J connectivity index is 1.54. The predicted octanol–water partition coefficient (Wildman–Crippen LogP) is 1.67. The summed E-state index contributed by atoms with van der Waals surface area (Å²) in [4.78, 5) is 5.95. The molecule has 1 unspecified atom stereocenters. The van der Waals surface area contributed by atoms with Gasteiger partial charge in [-0.25, -0.2) is 0 Å². The second-order valence-corrected chi connectivity index (χ2v) is 4.91. The Morgan fingerprint density at radius 1 is 1.20 bits per heavy atom. The highest BCUT2D eigenvalue weighted by Gasteiger charge is 2.34. The van der Waals surface area contributed by atoms with Crippen molar-refractivity contribution in [1.29, 1.82) is 0 Å². The maximum absolute atomic E-state index is 5.95. The number of allylic oxidation sites excluding steroid dienone is 1. The smallest absolute Gasteiger partial charge is 0.125 e. The third kappa shape index (κ3) is 2.18. The van der Waals surface area contributed by atoms with Gasteiger partial charge in [0.25, 0.3) is 0 Å². The highest BCUT2D eigenvalue weighted by molar-refractivity contribution is 5.09. The van der Waals surface area contributed by atoms with E-state index in [0.717, 1.165) is 19.0 Å². The molecule has 2 heterocycles. The van der Waals surface area contributed by atoms with E-state index < -0.39 is 0 Å². The molecule has 0 bridgehead atoms. The maximum Gasteiger partial charge on any atom is 0.125 e. The van der Waals surface area contributed by atoms with E-state index in [0.29, 0.717) is 6.04 Å². The average Bonchev–Trinajstić information content (AvgIpc) is 3.04. The molecule has 3 nitrogen and oxygen atoms in total. The van der Waals surface area contributed by atoms with Crippen molar-refractivity contribution in [2.75, 3.05) is 19.6 Å². The van der Waals surface area contributed by atoms with Crippen LogP contribution in [0.2, 0.25) is 0 Å². The van der Waals surface area contributed by atoms with Crippen LogP contribution in [-0.2, 0) is 4.84 Å². The lowest BCUT2D eigenvalue weighted by Gasteiger charge is -2.25. The van der Waals surface area contributed by atoms with Gasteiger partial charge in [-0.1, -0.05) is 0 Å². The fraction of sp³-hybridized carbons (Fsp3) is 0.833. The van der Waals surface area contributed by atoms with Crippen molar-refractivity contribution in [2.24, 2.45) is 5.92 Å². The lowest BCUT2D eigenvalue weighted by atomic mass is 10.1. The molecule has 2 fully saturated rings. The predicted molar refractivity (Wildman–Crippen MR) is 59.1 cm³/mol. The van der Waals surface area contributed by atoms with Gasteiger partial charge >= 0.3 is 0 Å². The van der Waals surface area contributed by atoms with Crippen LogP contribution in [-0.4, -0.2) is 30.7 Å². The van der Waals surface area contributed by atoms with Crippen molar-refractivity contribution >= 4 is 0 Å². The molecular weight excluding hydrogens is 188 g/mol. The van der Waals surface area contributed by atoms with Gasteiger partial charge in [0, 0.05) is 12.0 Å². The zero-order valence-corrected chi connectivity index (χ0v) is 9.24. The number of rotatable bonds is 2. The molecule has 0 aromatic heterocycles. The molecule has 0 aromatic rings. The minimum absolute atomic E-state index is 0.632. The van der Waals surface area contributed by atoms with E-state index in [1.807, 2.05) is 0 Å². The van der Waals surface area contributed by atoms with Gasteiger partial charge in [-0.05, 0) is 51.3 Å². The Morgan fingerprint density at radius 3 is 3.00 bits per heavy atom. The van der Waals surface area contributed by atoms with Crippen LogP contribution in [0.5, 0.6) is 0 Å². The van der Waals surface area contributed by atoms with Crippen LogP contribution in [0.4, 0.5) is 0 Å². The minimum atomic E-state index is 0.632. The minimum Gasteiger partial charge on any atom is -0.410 e. The van der Waals surface area contributed by atoms with Gasteiger partial charge in [0.1, 0.15) is 5.76 Å².